The summed E-state index contributed by atoms with van der Waals surface area (Å²) in [5.41, 5.74) is 0.229. The van der Waals surface area contributed by atoms with Crippen molar-refractivity contribution in [1.29, 1.82) is 0 Å². The average Bonchev–Trinajstić information content (AvgIpc) is 3.19. The highest BCUT2D eigenvalue weighted by atomic mass is 19.4. The summed E-state index contributed by atoms with van der Waals surface area (Å²) in [7, 11) is 0. The summed E-state index contributed by atoms with van der Waals surface area (Å²) in [6, 6.07) is 10.3. The lowest BCUT2D eigenvalue weighted by Gasteiger charge is -2.11. The minimum atomic E-state index is -4.77. The van der Waals surface area contributed by atoms with Crippen LogP contribution in [0.25, 0.3) is 5.82 Å². The third-order valence-electron chi connectivity index (χ3n) is 3.76. The van der Waals surface area contributed by atoms with Crippen molar-refractivity contribution in [2.45, 2.75) is 13.3 Å². The maximum atomic E-state index is 12.2. The third kappa shape index (κ3) is 5.96. The number of carbonyl (C=O) groups is 1. The largest absolute Gasteiger partial charge is 0.573 e. The molecule has 1 aromatic carbocycles. The fraction of sp³-hybridized carbons (Fsp3) is 0.211. The molecule has 0 saturated heterocycles. The van der Waals surface area contributed by atoms with Crippen molar-refractivity contribution in [1.82, 2.24) is 19.9 Å². The summed E-state index contributed by atoms with van der Waals surface area (Å²) < 4.78 is 42.1. The lowest BCUT2D eigenvalue weighted by atomic mass is 10.2. The van der Waals surface area contributed by atoms with Gasteiger partial charge in [-0.15, -0.1) is 13.2 Å². The van der Waals surface area contributed by atoms with E-state index < -0.39 is 12.3 Å². The number of amides is 1. The Morgan fingerprint density at radius 3 is 2.45 bits per heavy atom. The maximum absolute atomic E-state index is 12.2. The van der Waals surface area contributed by atoms with E-state index in [9.17, 15) is 18.0 Å². The van der Waals surface area contributed by atoms with Gasteiger partial charge in [-0.1, -0.05) is 0 Å². The van der Waals surface area contributed by atoms with E-state index in [1.807, 2.05) is 29.1 Å². The number of aromatic nitrogens is 3. The molecule has 0 radical (unpaired) electrons. The summed E-state index contributed by atoms with van der Waals surface area (Å²) in [5, 5.41) is 5.79. The van der Waals surface area contributed by atoms with Gasteiger partial charge in [-0.2, -0.15) is 0 Å². The Kier molecular flexibility index (Phi) is 6.01. The summed E-state index contributed by atoms with van der Waals surface area (Å²) in [5.74, 6) is 1.15. The number of halogens is 3. The molecule has 3 aromatic rings. The van der Waals surface area contributed by atoms with Gasteiger partial charge in [-0.25, -0.2) is 9.97 Å². The number of benzene rings is 1. The molecule has 0 spiro atoms. The van der Waals surface area contributed by atoms with Gasteiger partial charge < -0.3 is 19.9 Å². The van der Waals surface area contributed by atoms with Crippen molar-refractivity contribution in [3.63, 3.8) is 0 Å². The number of hydrogen-bond donors (Lipinski definition) is 2. The topological polar surface area (TPSA) is 81.1 Å². The number of nitrogens with one attached hydrogen (secondary N) is 2. The number of rotatable bonds is 7. The van der Waals surface area contributed by atoms with Gasteiger partial charge in [0.05, 0.1) is 0 Å². The van der Waals surface area contributed by atoms with Crippen molar-refractivity contribution >= 4 is 11.7 Å². The predicted octanol–water partition coefficient (Wildman–Crippen LogP) is 3.32. The van der Waals surface area contributed by atoms with Crippen molar-refractivity contribution in [3.05, 3.63) is 66.2 Å². The molecule has 152 valence electrons. The third-order valence-corrected chi connectivity index (χ3v) is 3.76. The molecule has 0 saturated carbocycles. The van der Waals surface area contributed by atoms with Crippen LogP contribution in [-0.4, -0.2) is 39.9 Å². The molecular formula is C19H18F3N5O2. The standard InChI is InChI=1S/C19H18F3N5O2/c1-13-25-16(12-17(26-13)27-10-2-3-11-27)23-8-9-24-18(28)14-4-6-15(7-5-14)29-19(20,21)22/h2-7,10-12H,8-9H2,1H3,(H,24,28)(H,23,25,26). The second-order valence-corrected chi connectivity index (χ2v) is 6.00. The van der Waals surface area contributed by atoms with Crippen molar-refractivity contribution in [2.75, 3.05) is 18.4 Å². The second-order valence-electron chi connectivity index (χ2n) is 6.00. The normalized spacial score (nSPS) is 11.2. The van der Waals surface area contributed by atoms with Gasteiger partial charge in [0.2, 0.25) is 0 Å². The Balaban J connectivity index is 1.50. The molecule has 0 bridgehead atoms. The van der Waals surface area contributed by atoms with E-state index in [1.54, 1.807) is 13.0 Å². The molecule has 1 amide bonds. The summed E-state index contributed by atoms with van der Waals surface area (Å²) >= 11 is 0. The lowest BCUT2D eigenvalue weighted by Crippen LogP contribution is -2.29. The lowest BCUT2D eigenvalue weighted by molar-refractivity contribution is -0.274. The molecule has 7 nitrogen and oxygen atoms in total. The Hall–Kier alpha value is -3.56. The minimum Gasteiger partial charge on any atom is -0.406 e. The smallest absolute Gasteiger partial charge is 0.406 e. The van der Waals surface area contributed by atoms with Crippen LogP contribution in [0.2, 0.25) is 0 Å². The molecular weight excluding hydrogens is 387 g/mol. The van der Waals surface area contributed by atoms with E-state index >= 15 is 0 Å². The Bertz CT molecular complexity index is 957. The number of carbonyl (C=O) groups excluding carboxylic acids is 1. The Labute approximate surface area is 164 Å². The first-order valence-corrected chi connectivity index (χ1v) is 8.67. The van der Waals surface area contributed by atoms with Gasteiger partial charge in [-0.05, 0) is 43.3 Å². The zero-order valence-electron chi connectivity index (χ0n) is 15.4. The molecule has 2 aromatic heterocycles. The van der Waals surface area contributed by atoms with Crippen LogP contribution in [0.4, 0.5) is 19.0 Å². The Morgan fingerprint density at radius 2 is 1.79 bits per heavy atom. The minimum absolute atomic E-state index is 0.229. The van der Waals surface area contributed by atoms with Crippen molar-refractivity contribution < 1.29 is 22.7 Å². The first kappa shape index (κ1) is 20.2. The zero-order chi connectivity index (χ0) is 20.9. The molecule has 0 aliphatic rings. The number of nitrogens with zero attached hydrogens (tertiary/aromatic N) is 3. The van der Waals surface area contributed by atoms with E-state index in [4.69, 9.17) is 0 Å². The molecule has 0 unspecified atom stereocenters. The van der Waals surface area contributed by atoms with E-state index in [-0.39, 0.29) is 11.3 Å². The molecule has 3 rings (SSSR count). The van der Waals surface area contributed by atoms with Crippen LogP contribution in [0.15, 0.2) is 54.9 Å². The molecule has 29 heavy (non-hydrogen) atoms. The van der Waals surface area contributed by atoms with Crippen LogP contribution >= 0.6 is 0 Å². The molecule has 0 aliphatic heterocycles. The van der Waals surface area contributed by atoms with Crippen LogP contribution in [0.1, 0.15) is 16.2 Å². The van der Waals surface area contributed by atoms with Gasteiger partial charge in [0.25, 0.3) is 5.91 Å². The number of aryl methyl sites for hydroxylation is 1. The highest BCUT2D eigenvalue weighted by Gasteiger charge is 2.31. The van der Waals surface area contributed by atoms with Gasteiger partial charge >= 0.3 is 6.36 Å². The first-order valence-electron chi connectivity index (χ1n) is 8.67. The average molecular weight is 405 g/mol. The Morgan fingerprint density at radius 1 is 1.10 bits per heavy atom. The molecule has 0 fully saturated rings. The molecule has 2 heterocycles. The van der Waals surface area contributed by atoms with Crippen LogP contribution in [0, 0.1) is 6.92 Å². The maximum Gasteiger partial charge on any atom is 0.573 e. The summed E-state index contributed by atoms with van der Waals surface area (Å²) in [4.78, 5) is 20.8. The second kappa shape index (κ2) is 8.63. The van der Waals surface area contributed by atoms with Gasteiger partial charge in [0.1, 0.15) is 23.2 Å². The van der Waals surface area contributed by atoms with E-state index in [0.29, 0.717) is 24.7 Å². The van der Waals surface area contributed by atoms with Crippen molar-refractivity contribution in [2.24, 2.45) is 0 Å². The van der Waals surface area contributed by atoms with Gasteiger partial charge in [0, 0.05) is 37.1 Å². The van der Waals surface area contributed by atoms with E-state index in [0.717, 1.165) is 18.0 Å². The number of hydrogen-bond acceptors (Lipinski definition) is 5. The summed E-state index contributed by atoms with van der Waals surface area (Å²) in [6.45, 7) is 2.48. The van der Waals surface area contributed by atoms with E-state index in [2.05, 4.69) is 25.3 Å². The van der Waals surface area contributed by atoms with Gasteiger partial charge in [0.15, 0.2) is 0 Å². The van der Waals surface area contributed by atoms with Crippen molar-refractivity contribution in [3.8, 4) is 11.6 Å². The number of anilines is 1. The first-order chi connectivity index (χ1) is 13.8. The molecule has 0 atom stereocenters. The number of alkyl halides is 3. The highest BCUT2D eigenvalue weighted by molar-refractivity contribution is 5.94. The summed E-state index contributed by atoms with van der Waals surface area (Å²) in [6.07, 6.45) is -1.02. The van der Waals surface area contributed by atoms with Gasteiger partial charge in [-0.3, -0.25) is 4.79 Å². The monoisotopic (exact) mass is 405 g/mol. The van der Waals surface area contributed by atoms with Crippen LogP contribution < -0.4 is 15.4 Å². The fourth-order valence-corrected chi connectivity index (χ4v) is 2.54. The zero-order valence-corrected chi connectivity index (χ0v) is 15.4. The van der Waals surface area contributed by atoms with Crippen LogP contribution in [0.5, 0.6) is 5.75 Å². The van der Waals surface area contributed by atoms with Crippen LogP contribution in [0.3, 0.4) is 0 Å². The fourth-order valence-electron chi connectivity index (χ4n) is 2.54. The van der Waals surface area contributed by atoms with Crippen LogP contribution in [-0.2, 0) is 0 Å². The predicted molar refractivity (Wildman–Crippen MR) is 100 cm³/mol. The molecule has 10 heteroatoms. The molecule has 2 N–H and O–H groups in total. The van der Waals surface area contributed by atoms with E-state index in [1.165, 1.54) is 12.1 Å². The number of ether oxygens (including phenoxy) is 1. The highest BCUT2D eigenvalue weighted by Crippen LogP contribution is 2.22. The SMILES string of the molecule is Cc1nc(NCCNC(=O)c2ccc(OC(F)(F)F)cc2)cc(-n2cccc2)n1. The molecule has 0 aliphatic carbocycles. The quantitative estimate of drug-likeness (QED) is 0.590.